The minimum Gasteiger partial charge on any atom is -0.337 e. The number of hydrogen-bond acceptors (Lipinski definition) is 3. The first-order valence-electron chi connectivity index (χ1n) is 10.0. The number of para-hydroxylation sites is 1. The maximum absolute atomic E-state index is 13.9. The Bertz CT molecular complexity index is 1240. The zero-order chi connectivity index (χ0) is 22.2. The molecule has 1 aliphatic heterocycles. The van der Waals surface area contributed by atoms with Crippen LogP contribution in [0.4, 0.5) is 10.1 Å². The van der Waals surface area contributed by atoms with E-state index in [1.165, 1.54) is 27.4 Å². The van der Waals surface area contributed by atoms with E-state index in [0.29, 0.717) is 17.7 Å². The SMILES string of the molecule is CC1Cc2ccccc2N1S(=O)(=O)c1cccc(C(=O)N(C)Cc2ccccc2F)c1. The normalized spacial score (nSPS) is 15.6. The van der Waals surface area contributed by atoms with Crippen LogP contribution in [0.5, 0.6) is 0 Å². The molecule has 1 unspecified atom stereocenters. The zero-order valence-corrected chi connectivity index (χ0v) is 18.1. The van der Waals surface area contributed by atoms with E-state index in [1.54, 1.807) is 43.4 Å². The molecule has 0 radical (unpaired) electrons. The minimum atomic E-state index is -3.85. The lowest BCUT2D eigenvalue weighted by Gasteiger charge is -2.25. The highest BCUT2D eigenvalue weighted by molar-refractivity contribution is 7.92. The topological polar surface area (TPSA) is 57.7 Å². The fourth-order valence-electron chi connectivity index (χ4n) is 3.98. The van der Waals surface area contributed by atoms with Crippen LogP contribution in [0.25, 0.3) is 0 Å². The molecule has 1 atom stereocenters. The molecule has 0 saturated carbocycles. The summed E-state index contributed by atoms with van der Waals surface area (Å²) in [6, 6.07) is 19.5. The molecule has 0 aliphatic carbocycles. The molecule has 0 bridgehead atoms. The van der Waals surface area contributed by atoms with E-state index in [9.17, 15) is 17.6 Å². The Balaban J connectivity index is 1.62. The van der Waals surface area contributed by atoms with E-state index >= 15 is 0 Å². The summed E-state index contributed by atoms with van der Waals surface area (Å²) >= 11 is 0. The van der Waals surface area contributed by atoms with Crippen molar-refractivity contribution in [3.05, 3.63) is 95.3 Å². The van der Waals surface area contributed by atoms with Crippen molar-refractivity contribution in [2.24, 2.45) is 0 Å². The zero-order valence-electron chi connectivity index (χ0n) is 17.3. The predicted molar refractivity (Wildman–Crippen MR) is 118 cm³/mol. The third-order valence-electron chi connectivity index (χ3n) is 5.49. The molecule has 1 amide bonds. The maximum Gasteiger partial charge on any atom is 0.264 e. The van der Waals surface area contributed by atoms with Crippen molar-refractivity contribution in [1.29, 1.82) is 0 Å². The van der Waals surface area contributed by atoms with Gasteiger partial charge in [-0.2, -0.15) is 0 Å². The molecule has 0 saturated heterocycles. The Kier molecular flexibility index (Phi) is 5.54. The fraction of sp³-hybridized carbons (Fsp3) is 0.208. The summed E-state index contributed by atoms with van der Waals surface area (Å²) in [7, 11) is -2.28. The Labute approximate surface area is 181 Å². The predicted octanol–water partition coefficient (Wildman–Crippen LogP) is 4.24. The van der Waals surface area contributed by atoms with Gasteiger partial charge in [-0.3, -0.25) is 9.10 Å². The molecular weight excluding hydrogens is 415 g/mol. The molecule has 0 spiro atoms. The number of hydrogen-bond donors (Lipinski definition) is 0. The standard InChI is InChI=1S/C24H23FN2O3S/c1-17-14-18-8-4-6-13-23(18)27(17)31(29,30)21-11-7-10-19(15-21)24(28)26(2)16-20-9-3-5-12-22(20)25/h3-13,15,17H,14,16H2,1-2H3. The van der Waals surface area contributed by atoms with Crippen molar-refractivity contribution in [1.82, 2.24) is 4.90 Å². The molecule has 0 aromatic heterocycles. The quantitative estimate of drug-likeness (QED) is 0.599. The number of sulfonamides is 1. The van der Waals surface area contributed by atoms with Gasteiger partial charge < -0.3 is 4.90 Å². The first-order chi connectivity index (χ1) is 14.8. The highest BCUT2D eigenvalue weighted by atomic mass is 32.2. The molecule has 31 heavy (non-hydrogen) atoms. The van der Waals surface area contributed by atoms with Gasteiger partial charge in [-0.15, -0.1) is 0 Å². The van der Waals surface area contributed by atoms with Gasteiger partial charge in [0.25, 0.3) is 15.9 Å². The van der Waals surface area contributed by atoms with Crippen molar-refractivity contribution in [3.8, 4) is 0 Å². The monoisotopic (exact) mass is 438 g/mol. The summed E-state index contributed by atoms with van der Waals surface area (Å²) in [5.74, 6) is -0.768. The molecule has 7 heteroatoms. The number of halogens is 1. The van der Waals surface area contributed by atoms with Crippen molar-refractivity contribution < 1.29 is 17.6 Å². The Morgan fingerprint density at radius 3 is 2.55 bits per heavy atom. The smallest absolute Gasteiger partial charge is 0.264 e. The van der Waals surface area contributed by atoms with Gasteiger partial charge >= 0.3 is 0 Å². The average Bonchev–Trinajstić information content (AvgIpc) is 3.11. The van der Waals surface area contributed by atoms with Crippen molar-refractivity contribution >= 4 is 21.6 Å². The summed E-state index contributed by atoms with van der Waals surface area (Å²) in [5.41, 5.74) is 2.28. The van der Waals surface area contributed by atoms with Gasteiger partial charge in [0.2, 0.25) is 0 Å². The van der Waals surface area contributed by atoms with Gasteiger partial charge in [-0.25, -0.2) is 12.8 Å². The molecular formula is C24H23FN2O3S. The van der Waals surface area contributed by atoms with Crippen LogP contribution >= 0.6 is 0 Å². The largest absolute Gasteiger partial charge is 0.337 e. The van der Waals surface area contributed by atoms with Gasteiger partial charge in [0, 0.05) is 30.8 Å². The second kappa shape index (κ2) is 8.15. The third-order valence-corrected chi connectivity index (χ3v) is 7.42. The lowest BCUT2D eigenvalue weighted by Crippen LogP contribution is -2.36. The second-order valence-electron chi connectivity index (χ2n) is 7.76. The number of carbonyl (C=O) groups is 1. The summed E-state index contributed by atoms with van der Waals surface area (Å²) in [6.45, 7) is 1.95. The highest BCUT2D eigenvalue weighted by Gasteiger charge is 2.36. The van der Waals surface area contributed by atoms with Gasteiger partial charge in [0.15, 0.2) is 0 Å². The van der Waals surface area contributed by atoms with Crippen LogP contribution in [0.2, 0.25) is 0 Å². The lowest BCUT2D eigenvalue weighted by atomic mass is 10.1. The molecule has 1 aliphatic rings. The number of carbonyl (C=O) groups excluding carboxylic acids is 1. The number of fused-ring (bicyclic) bond motifs is 1. The van der Waals surface area contributed by atoms with Crippen LogP contribution < -0.4 is 4.31 Å². The Hall–Kier alpha value is -3.19. The number of anilines is 1. The Morgan fingerprint density at radius 2 is 1.77 bits per heavy atom. The molecule has 4 rings (SSSR count). The van der Waals surface area contributed by atoms with Gasteiger partial charge in [0.1, 0.15) is 5.82 Å². The van der Waals surface area contributed by atoms with Crippen molar-refractivity contribution in [2.75, 3.05) is 11.4 Å². The minimum absolute atomic E-state index is 0.0567. The number of amides is 1. The van der Waals surface area contributed by atoms with E-state index in [-0.39, 0.29) is 34.8 Å². The summed E-state index contributed by atoms with van der Waals surface area (Å²) in [6.07, 6.45) is 0.638. The number of rotatable bonds is 5. The van der Waals surface area contributed by atoms with Gasteiger partial charge in [0.05, 0.1) is 10.6 Å². The highest BCUT2D eigenvalue weighted by Crippen LogP contribution is 2.36. The molecule has 0 fully saturated rings. The molecule has 0 N–H and O–H groups in total. The van der Waals surface area contributed by atoms with Crippen LogP contribution in [-0.4, -0.2) is 32.3 Å². The van der Waals surface area contributed by atoms with Crippen LogP contribution in [0.3, 0.4) is 0 Å². The third kappa shape index (κ3) is 3.93. The van der Waals surface area contributed by atoms with Crippen molar-refractivity contribution in [2.45, 2.75) is 30.8 Å². The molecule has 3 aromatic rings. The Morgan fingerprint density at radius 1 is 1.06 bits per heavy atom. The van der Waals surface area contributed by atoms with E-state index in [4.69, 9.17) is 0 Å². The number of benzene rings is 3. The molecule has 5 nitrogen and oxygen atoms in total. The first-order valence-corrected chi connectivity index (χ1v) is 11.4. The van der Waals surface area contributed by atoms with Crippen molar-refractivity contribution in [3.63, 3.8) is 0 Å². The molecule has 3 aromatic carbocycles. The second-order valence-corrected chi connectivity index (χ2v) is 9.58. The van der Waals surface area contributed by atoms with E-state index in [2.05, 4.69) is 0 Å². The molecule has 1 heterocycles. The number of nitrogens with zero attached hydrogens (tertiary/aromatic N) is 2. The summed E-state index contributed by atoms with van der Waals surface area (Å²) in [4.78, 5) is 14.3. The van der Waals surface area contributed by atoms with Crippen LogP contribution in [-0.2, 0) is 23.0 Å². The van der Waals surface area contributed by atoms with E-state index < -0.39 is 10.0 Å². The fourth-order valence-corrected chi connectivity index (χ4v) is 5.72. The van der Waals surface area contributed by atoms with Gasteiger partial charge in [-0.1, -0.05) is 42.5 Å². The average molecular weight is 439 g/mol. The van der Waals surface area contributed by atoms with Crippen LogP contribution in [0, 0.1) is 5.82 Å². The lowest BCUT2D eigenvalue weighted by molar-refractivity contribution is 0.0783. The van der Waals surface area contributed by atoms with E-state index in [1.807, 2.05) is 25.1 Å². The summed E-state index contributed by atoms with van der Waals surface area (Å²) in [5, 5.41) is 0. The first kappa shape index (κ1) is 21.1. The van der Waals surface area contributed by atoms with Crippen LogP contribution in [0.15, 0.2) is 77.7 Å². The molecule has 160 valence electrons. The summed E-state index contributed by atoms with van der Waals surface area (Å²) < 4.78 is 42.2. The van der Waals surface area contributed by atoms with E-state index in [0.717, 1.165) is 5.56 Å². The van der Waals surface area contributed by atoms with Gasteiger partial charge in [-0.05, 0) is 49.2 Å². The van der Waals surface area contributed by atoms with Crippen LogP contribution in [0.1, 0.15) is 28.4 Å². The maximum atomic E-state index is 13.9.